The molecule has 2 heterocycles. The van der Waals surface area contributed by atoms with Gasteiger partial charge < -0.3 is 4.90 Å². The zero-order chi connectivity index (χ0) is 19.9. The first-order valence-electron chi connectivity index (χ1n) is 11.0. The van der Waals surface area contributed by atoms with Gasteiger partial charge in [0.15, 0.2) is 0 Å². The van der Waals surface area contributed by atoms with Gasteiger partial charge in [-0.2, -0.15) is 0 Å². The molecule has 0 aromatic heterocycles. The summed E-state index contributed by atoms with van der Waals surface area (Å²) in [6, 6.07) is 11.4. The number of amides is 1. The number of hydrogen-bond donors (Lipinski definition) is 0. The molecule has 2 aliphatic heterocycles. The lowest BCUT2D eigenvalue weighted by Gasteiger charge is -2.42. The topological polar surface area (TPSA) is 26.8 Å². The molecule has 1 atom stereocenters. The van der Waals surface area contributed by atoms with Crippen LogP contribution in [0.4, 0.5) is 0 Å². The Labute approximate surface area is 171 Å². The zero-order valence-electron chi connectivity index (χ0n) is 17.8. The number of piperidine rings is 2. The summed E-state index contributed by atoms with van der Waals surface area (Å²) in [5.41, 5.74) is 2.47. The molecule has 2 fully saturated rings. The summed E-state index contributed by atoms with van der Waals surface area (Å²) in [6.07, 6.45) is 4.62. The van der Waals surface area contributed by atoms with E-state index in [1.54, 1.807) is 0 Å². The third kappa shape index (κ3) is 5.68. The van der Waals surface area contributed by atoms with E-state index in [9.17, 15) is 4.79 Å². The summed E-state index contributed by atoms with van der Waals surface area (Å²) in [7, 11) is 0. The Morgan fingerprint density at radius 3 is 2.50 bits per heavy atom. The van der Waals surface area contributed by atoms with E-state index >= 15 is 0 Å². The van der Waals surface area contributed by atoms with Gasteiger partial charge in [0.2, 0.25) is 5.91 Å². The molecule has 28 heavy (non-hydrogen) atoms. The Kier molecular flexibility index (Phi) is 7.69. The van der Waals surface area contributed by atoms with Crippen molar-refractivity contribution in [2.75, 3.05) is 39.3 Å². The van der Waals surface area contributed by atoms with Crippen molar-refractivity contribution in [3.8, 4) is 0 Å². The van der Waals surface area contributed by atoms with E-state index in [-0.39, 0.29) is 5.92 Å². The van der Waals surface area contributed by atoms with Gasteiger partial charge >= 0.3 is 0 Å². The highest BCUT2D eigenvalue weighted by atomic mass is 16.2. The van der Waals surface area contributed by atoms with Gasteiger partial charge in [-0.15, -0.1) is 0 Å². The van der Waals surface area contributed by atoms with Crippen LogP contribution in [0, 0.1) is 5.92 Å². The molecule has 154 valence electrons. The second kappa shape index (κ2) is 10.2. The summed E-state index contributed by atoms with van der Waals surface area (Å²) >= 11 is 0. The smallest absolute Gasteiger partial charge is 0.227 e. The maximum absolute atomic E-state index is 13.0. The van der Waals surface area contributed by atoms with Gasteiger partial charge in [0.1, 0.15) is 0 Å². The maximum atomic E-state index is 13.0. The van der Waals surface area contributed by atoms with Crippen LogP contribution in [0.2, 0.25) is 0 Å². The van der Waals surface area contributed by atoms with Gasteiger partial charge in [-0.1, -0.05) is 42.5 Å². The normalized spacial score (nSPS) is 22.1. The minimum atomic E-state index is 0.162. The molecule has 0 spiro atoms. The molecule has 1 amide bonds. The van der Waals surface area contributed by atoms with Crippen LogP contribution in [0.3, 0.4) is 0 Å². The molecular formula is C24H37N3O. The minimum absolute atomic E-state index is 0.162. The molecule has 2 aliphatic rings. The Hall–Kier alpha value is -1.65. The van der Waals surface area contributed by atoms with E-state index in [2.05, 4.69) is 53.6 Å². The molecule has 2 saturated heterocycles. The third-order valence-electron chi connectivity index (χ3n) is 6.28. The summed E-state index contributed by atoms with van der Waals surface area (Å²) in [6.45, 7) is 15.0. The van der Waals surface area contributed by atoms with E-state index in [4.69, 9.17) is 0 Å². The highest BCUT2D eigenvalue weighted by Gasteiger charge is 2.33. The lowest BCUT2D eigenvalue weighted by molar-refractivity contribution is -0.137. The average Bonchev–Trinajstić information content (AvgIpc) is 2.73. The fourth-order valence-corrected chi connectivity index (χ4v) is 4.75. The second-order valence-electron chi connectivity index (χ2n) is 8.64. The maximum Gasteiger partial charge on any atom is 0.227 e. The van der Waals surface area contributed by atoms with E-state index in [0.717, 1.165) is 57.7 Å². The molecule has 0 radical (unpaired) electrons. The Morgan fingerprint density at radius 1 is 1.14 bits per heavy atom. The lowest BCUT2D eigenvalue weighted by atomic mass is 9.92. The molecule has 4 nitrogen and oxygen atoms in total. The Balaban J connectivity index is 1.49. The number of benzene rings is 1. The van der Waals surface area contributed by atoms with E-state index in [0.29, 0.717) is 18.5 Å². The molecule has 3 rings (SSSR count). The Bertz CT molecular complexity index is 637. The number of carbonyl (C=O) groups excluding carboxylic acids is 1. The molecule has 0 aliphatic carbocycles. The van der Waals surface area contributed by atoms with Crippen molar-refractivity contribution in [1.29, 1.82) is 0 Å². The molecule has 4 heteroatoms. The van der Waals surface area contributed by atoms with Crippen molar-refractivity contribution < 1.29 is 4.79 Å². The molecule has 0 saturated carbocycles. The third-order valence-corrected chi connectivity index (χ3v) is 6.28. The molecule has 0 unspecified atom stereocenters. The fraction of sp³-hybridized carbons (Fsp3) is 0.625. The summed E-state index contributed by atoms with van der Waals surface area (Å²) in [5.74, 6) is 0.493. The first-order valence-corrected chi connectivity index (χ1v) is 11.0. The predicted molar refractivity (Wildman–Crippen MR) is 116 cm³/mol. The van der Waals surface area contributed by atoms with E-state index in [1.165, 1.54) is 18.4 Å². The van der Waals surface area contributed by atoms with Gasteiger partial charge in [0.05, 0.1) is 5.92 Å². The van der Waals surface area contributed by atoms with Crippen LogP contribution in [0.15, 0.2) is 42.5 Å². The number of hydrogen-bond acceptors (Lipinski definition) is 3. The largest absolute Gasteiger partial charge is 0.339 e. The highest BCUT2D eigenvalue weighted by molar-refractivity contribution is 5.79. The standard InChI is InChI=1S/C24H37N3O/c1-4-26(17-20(2)3)24(28)22-11-8-14-27(19-22)23-12-15-25(16-13-23)18-21-9-6-5-7-10-21/h5-7,9-10,22-23H,2,4,8,11-19H2,1,3H3/t22-/m1/s1. The first-order chi connectivity index (χ1) is 13.6. The molecule has 0 bridgehead atoms. The molecular weight excluding hydrogens is 346 g/mol. The van der Waals surface area contributed by atoms with Crippen LogP contribution in [0.1, 0.15) is 45.1 Å². The van der Waals surface area contributed by atoms with Crippen LogP contribution in [0.5, 0.6) is 0 Å². The van der Waals surface area contributed by atoms with Gasteiger partial charge in [0, 0.05) is 32.2 Å². The molecule has 1 aromatic carbocycles. The molecule has 1 aromatic rings. The SMILES string of the molecule is C=C(C)CN(CC)C(=O)[C@@H]1CCCN(C2CCN(Cc3ccccc3)CC2)C1. The minimum Gasteiger partial charge on any atom is -0.339 e. The number of rotatable bonds is 7. The summed E-state index contributed by atoms with van der Waals surface area (Å²) in [5, 5.41) is 0. The quantitative estimate of drug-likeness (QED) is 0.670. The Morgan fingerprint density at radius 2 is 1.86 bits per heavy atom. The van der Waals surface area contributed by atoms with Crippen LogP contribution in [-0.4, -0.2) is 65.9 Å². The van der Waals surface area contributed by atoms with Crippen molar-refractivity contribution in [3.05, 3.63) is 48.0 Å². The second-order valence-corrected chi connectivity index (χ2v) is 8.64. The summed E-state index contributed by atoms with van der Waals surface area (Å²) in [4.78, 5) is 20.2. The fourth-order valence-electron chi connectivity index (χ4n) is 4.75. The zero-order valence-corrected chi connectivity index (χ0v) is 17.8. The monoisotopic (exact) mass is 383 g/mol. The molecule has 0 N–H and O–H groups in total. The summed E-state index contributed by atoms with van der Waals surface area (Å²) < 4.78 is 0. The first kappa shape index (κ1) is 21.1. The number of carbonyl (C=O) groups is 1. The number of likely N-dealkylation sites (N-methyl/N-ethyl adjacent to an activating group) is 1. The van der Waals surface area contributed by atoms with Gasteiger partial charge in [0.25, 0.3) is 0 Å². The highest BCUT2D eigenvalue weighted by Crippen LogP contribution is 2.26. The van der Waals surface area contributed by atoms with Crippen molar-refractivity contribution in [3.63, 3.8) is 0 Å². The van der Waals surface area contributed by atoms with Crippen molar-refractivity contribution in [1.82, 2.24) is 14.7 Å². The number of likely N-dealkylation sites (tertiary alicyclic amines) is 2. The van der Waals surface area contributed by atoms with Crippen LogP contribution in [-0.2, 0) is 11.3 Å². The van der Waals surface area contributed by atoms with Crippen molar-refractivity contribution in [2.24, 2.45) is 5.92 Å². The van der Waals surface area contributed by atoms with Crippen molar-refractivity contribution in [2.45, 2.75) is 52.1 Å². The van der Waals surface area contributed by atoms with Crippen molar-refractivity contribution >= 4 is 5.91 Å². The van der Waals surface area contributed by atoms with E-state index in [1.807, 2.05) is 11.8 Å². The van der Waals surface area contributed by atoms with Gasteiger partial charge in [-0.3, -0.25) is 14.6 Å². The van der Waals surface area contributed by atoms with E-state index < -0.39 is 0 Å². The number of nitrogens with zero attached hydrogens (tertiary/aromatic N) is 3. The average molecular weight is 384 g/mol. The van der Waals surface area contributed by atoms with Gasteiger partial charge in [-0.05, 0) is 64.7 Å². The van der Waals surface area contributed by atoms with Crippen LogP contribution < -0.4 is 0 Å². The van der Waals surface area contributed by atoms with Crippen LogP contribution in [0.25, 0.3) is 0 Å². The predicted octanol–water partition coefficient (Wildman–Crippen LogP) is 3.79. The van der Waals surface area contributed by atoms with Crippen LogP contribution >= 0.6 is 0 Å². The lowest BCUT2D eigenvalue weighted by Crippen LogP contribution is -2.51. The van der Waals surface area contributed by atoms with Gasteiger partial charge in [-0.25, -0.2) is 0 Å².